The Morgan fingerprint density at radius 2 is 2.11 bits per heavy atom. The molecule has 7 heteroatoms. The Morgan fingerprint density at radius 3 is 2.79 bits per heavy atom. The van der Waals surface area contributed by atoms with Gasteiger partial charge in [-0.2, -0.15) is 0 Å². The molecule has 98 valence electrons. The lowest BCUT2D eigenvalue weighted by atomic mass is 10.2. The van der Waals surface area contributed by atoms with Crippen LogP contribution >= 0.6 is 27.5 Å². The molecule has 0 saturated carbocycles. The first-order chi connectivity index (χ1) is 8.97. The van der Waals surface area contributed by atoms with Crippen molar-refractivity contribution in [2.75, 3.05) is 5.32 Å². The molecule has 2 N–H and O–H groups in total. The SMILES string of the molecule is O=C(Nc1ccc(F)c(Cl)c1)c1cc(=O)[nH]cc1Br. The second-order valence-electron chi connectivity index (χ2n) is 3.64. The molecule has 0 aliphatic heterocycles. The molecular weight excluding hydrogens is 338 g/mol. The number of anilines is 1. The summed E-state index contributed by atoms with van der Waals surface area (Å²) in [5.41, 5.74) is 0.110. The van der Waals surface area contributed by atoms with Gasteiger partial charge < -0.3 is 10.3 Å². The van der Waals surface area contributed by atoms with Crippen molar-refractivity contribution < 1.29 is 9.18 Å². The van der Waals surface area contributed by atoms with Gasteiger partial charge in [0, 0.05) is 22.4 Å². The lowest BCUT2D eigenvalue weighted by Crippen LogP contribution is -2.16. The van der Waals surface area contributed by atoms with Crippen molar-refractivity contribution in [2.45, 2.75) is 0 Å². The third kappa shape index (κ3) is 3.21. The molecule has 1 aromatic heterocycles. The summed E-state index contributed by atoms with van der Waals surface area (Å²) in [5.74, 6) is -1.07. The van der Waals surface area contributed by atoms with E-state index >= 15 is 0 Å². The highest BCUT2D eigenvalue weighted by Crippen LogP contribution is 2.21. The number of aromatic nitrogens is 1. The maximum Gasteiger partial charge on any atom is 0.257 e. The van der Waals surface area contributed by atoms with Gasteiger partial charge >= 0.3 is 0 Å². The monoisotopic (exact) mass is 344 g/mol. The first-order valence-electron chi connectivity index (χ1n) is 5.12. The number of H-pyrrole nitrogens is 1. The second kappa shape index (κ2) is 5.54. The summed E-state index contributed by atoms with van der Waals surface area (Å²) in [6, 6.07) is 4.96. The number of carbonyl (C=O) groups is 1. The molecule has 4 nitrogen and oxygen atoms in total. The van der Waals surface area contributed by atoms with Gasteiger partial charge in [-0.25, -0.2) is 4.39 Å². The molecule has 2 aromatic rings. The number of pyridine rings is 1. The molecular formula is C12H7BrClFN2O2. The molecule has 19 heavy (non-hydrogen) atoms. The predicted molar refractivity (Wildman–Crippen MR) is 74.1 cm³/mol. The highest BCUT2D eigenvalue weighted by atomic mass is 79.9. The van der Waals surface area contributed by atoms with Crippen molar-refractivity contribution in [1.82, 2.24) is 4.98 Å². The molecule has 0 aliphatic carbocycles. The highest BCUT2D eigenvalue weighted by Gasteiger charge is 2.12. The molecule has 0 bridgehead atoms. The molecule has 0 fully saturated rings. The lowest BCUT2D eigenvalue weighted by Gasteiger charge is -2.07. The molecule has 1 heterocycles. The summed E-state index contributed by atoms with van der Waals surface area (Å²) in [7, 11) is 0. The molecule has 0 radical (unpaired) electrons. The van der Waals surface area contributed by atoms with Crippen LogP contribution in [-0.2, 0) is 0 Å². The molecule has 2 rings (SSSR count). The number of benzene rings is 1. The zero-order valence-corrected chi connectivity index (χ0v) is 11.7. The number of hydrogen-bond donors (Lipinski definition) is 2. The van der Waals surface area contributed by atoms with Crippen LogP contribution in [0.15, 0.2) is 39.7 Å². The maximum absolute atomic E-state index is 13.0. The van der Waals surface area contributed by atoms with Gasteiger partial charge in [-0.05, 0) is 34.1 Å². The van der Waals surface area contributed by atoms with E-state index in [0.29, 0.717) is 10.2 Å². The fraction of sp³-hybridized carbons (Fsp3) is 0. The molecule has 0 unspecified atom stereocenters. The van der Waals surface area contributed by atoms with Crippen molar-refractivity contribution in [3.8, 4) is 0 Å². The minimum Gasteiger partial charge on any atom is -0.328 e. The Labute approximate surface area is 120 Å². The number of amides is 1. The average Bonchev–Trinajstić information content (AvgIpc) is 2.36. The van der Waals surface area contributed by atoms with Crippen molar-refractivity contribution in [3.63, 3.8) is 0 Å². The summed E-state index contributed by atoms with van der Waals surface area (Å²) in [6.07, 6.45) is 1.37. The first-order valence-corrected chi connectivity index (χ1v) is 6.29. The molecule has 0 saturated heterocycles. The Morgan fingerprint density at radius 1 is 1.37 bits per heavy atom. The number of halogens is 3. The standard InChI is InChI=1S/C12H7BrClFN2O2/c13-8-5-16-11(18)4-7(8)12(19)17-6-1-2-10(15)9(14)3-6/h1-5H,(H,16,18)(H,17,19). The topological polar surface area (TPSA) is 62.0 Å². The van der Waals surface area contributed by atoms with Gasteiger partial charge in [0.2, 0.25) is 5.56 Å². The van der Waals surface area contributed by atoms with Crippen LogP contribution in [0.1, 0.15) is 10.4 Å². The van der Waals surface area contributed by atoms with Crippen LogP contribution in [0.2, 0.25) is 5.02 Å². The van der Waals surface area contributed by atoms with E-state index < -0.39 is 17.3 Å². The van der Waals surface area contributed by atoms with Crippen LogP contribution < -0.4 is 10.9 Å². The summed E-state index contributed by atoms with van der Waals surface area (Å²) >= 11 is 8.76. The second-order valence-corrected chi connectivity index (χ2v) is 4.90. The zero-order chi connectivity index (χ0) is 14.0. The first kappa shape index (κ1) is 13.8. The van der Waals surface area contributed by atoms with Crippen molar-refractivity contribution in [1.29, 1.82) is 0 Å². The highest BCUT2D eigenvalue weighted by molar-refractivity contribution is 9.10. The van der Waals surface area contributed by atoms with E-state index in [0.717, 1.165) is 12.1 Å². The van der Waals surface area contributed by atoms with Crippen LogP contribution in [0, 0.1) is 5.82 Å². The number of carbonyl (C=O) groups excluding carboxylic acids is 1. The number of rotatable bonds is 2. The van der Waals surface area contributed by atoms with Gasteiger partial charge in [-0.3, -0.25) is 9.59 Å². The van der Waals surface area contributed by atoms with Gasteiger partial charge in [0.15, 0.2) is 0 Å². The van der Waals surface area contributed by atoms with Crippen LogP contribution in [-0.4, -0.2) is 10.9 Å². The van der Waals surface area contributed by atoms with Gasteiger partial charge in [0.25, 0.3) is 5.91 Å². The normalized spacial score (nSPS) is 10.3. The summed E-state index contributed by atoms with van der Waals surface area (Å²) < 4.78 is 13.4. The van der Waals surface area contributed by atoms with Gasteiger partial charge in [-0.15, -0.1) is 0 Å². The average molecular weight is 346 g/mol. The summed E-state index contributed by atoms with van der Waals surface area (Å²) in [5, 5.41) is 2.43. The smallest absolute Gasteiger partial charge is 0.257 e. The molecule has 0 aliphatic rings. The summed E-state index contributed by atoms with van der Waals surface area (Å²) in [4.78, 5) is 25.5. The van der Waals surface area contributed by atoms with E-state index in [1.54, 1.807) is 0 Å². The Hall–Kier alpha value is -1.66. The van der Waals surface area contributed by atoms with Crippen LogP contribution in [0.5, 0.6) is 0 Å². The fourth-order valence-corrected chi connectivity index (χ4v) is 1.99. The number of aromatic amines is 1. The Balaban J connectivity index is 2.28. The molecule has 0 atom stereocenters. The van der Waals surface area contributed by atoms with Gasteiger partial charge in [0.05, 0.1) is 10.6 Å². The Kier molecular flexibility index (Phi) is 4.01. The van der Waals surface area contributed by atoms with Crippen molar-refractivity contribution in [2.24, 2.45) is 0 Å². The minimum atomic E-state index is -0.572. The quantitative estimate of drug-likeness (QED) is 0.878. The lowest BCUT2D eigenvalue weighted by molar-refractivity contribution is 0.102. The third-order valence-electron chi connectivity index (χ3n) is 2.30. The van der Waals surface area contributed by atoms with E-state index in [4.69, 9.17) is 11.6 Å². The number of nitrogens with one attached hydrogen (secondary N) is 2. The van der Waals surface area contributed by atoms with Crippen LogP contribution in [0.3, 0.4) is 0 Å². The molecule has 0 spiro atoms. The minimum absolute atomic E-state index is 0.0947. The largest absolute Gasteiger partial charge is 0.328 e. The third-order valence-corrected chi connectivity index (χ3v) is 3.24. The van der Waals surface area contributed by atoms with E-state index in [1.807, 2.05) is 0 Å². The predicted octanol–water partition coefficient (Wildman–Crippen LogP) is 3.18. The van der Waals surface area contributed by atoms with Crippen LogP contribution in [0.25, 0.3) is 0 Å². The van der Waals surface area contributed by atoms with Crippen molar-refractivity contribution in [3.05, 3.63) is 61.7 Å². The molecule has 1 amide bonds. The maximum atomic E-state index is 13.0. The van der Waals surface area contributed by atoms with E-state index in [-0.39, 0.29) is 10.6 Å². The number of hydrogen-bond acceptors (Lipinski definition) is 2. The summed E-state index contributed by atoms with van der Waals surface area (Å²) in [6.45, 7) is 0. The van der Waals surface area contributed by atoms with E-state index in [1.165, 1.54) is 18.3 Å². The zero-order valence-electron chi connectivity index (χ0n) is 9.34. The van der Waals surface area contributed by atoms with Gasteiger partial charge in [-0.1, -0.05) is 11.6 Å². The van der Waals surface area contributed by atoms with Crippen molar-refractivity contribution >= 4 is 39.1 Å². The fourth-order valence-electron chi connectivity index (χ4n) is 1.40. The van der Waals surface area contributed by atoms with Gasteiger partial charge in [0.1, 0.15) is 5.82 Å². The van der Waals surface area contributed by atoms with E-state index in [9.17, 15) is 14.0 Å². The Bertz CT molecular complexity index is 702. The van der Waals surface area contributed by atoms with E-state index in [2.05, 4.69) is 26.2 Å². The molecule has 1 aromatic carbocycles. The van der Waals surface area contributed by atoms with Crippen LogP contribution in [0.4, 0.5) is 10.1 Å².